The maximum atomic E-state index is 12.1. The molecule has 0 aliphatic rings. The summed E-state index contributed by atoms with van der Waals surface area (Å²) in [7, 11) is 3.48. The number of ether oxygens (including phenoxy) is 1. The minimum absolute atomic E-state index is 0.0194. The molecule has 2 N–H and O–H groups in total. The smallest absolute Gasteiger partial charge is 0.338 e. The van der Waals surface area contributed by atoms with E-state index in [1.54, 1.807) is 25.9 Å². The van der Waals surface area contributed by atoms with Crippen LogP contribution in [0.2, 0.25) is 0 Å². The molecular weight excluding hydrogens is 316 g/mol. The molecule has 10 nitrogen and oxygen atoms in total. The Bertz CT molecular complexity index is 793. The summed E-state index contributed by atoms with van der Waals surface area (Å²) in [4.78, 5) is 35.9. The number of nitrogen functional groups attached to an aromatic ring is 1. The van der Waals surface area contributed by atoms with Crippen LogP contribution in [-0.2, 0) is 11.3 Å². The Morgan fingerprint density at radius 1 is 1.33 bits per heavy atom. The van der Waals surface area contributed by atoms with Crippen LogP contribution in [-0.4, -0.2) is 39.9 Å². The number of benzene rings is 1. The normalized spacial score (nSPS) is 10.3. The molecular formula is C14H16N6O4. The van der Waals surface area contributed by atoms with E-state index >= 15 is 0 Å². The van der Waals surface area contributed by atoms with Crippen LogP contribution in [0, 0.1) is 17.0 Å². The number of rotatable bonds is 5. The summed E-state index contributed by atoms with van der Waals surface area (Å²) < 4.78 is 5.12. The first-order valence-corrected chi connectivity index (χ1v) is 6.88. The average Bonchev–Trinajstić information content (AvgIpc) is 2.51. The molecule has 0 amide bonds. The van der Waals surface area contributed by atoms with Crippen LogP contribution in [0.15, 0.2) is 18.2 Å². The summed E-state index contributed by atoms with van der Waals surface area (Å²) in [6.07, 6.45) is 0. The van der Waals surface area contributed by atoms with Crippen LogP contribution >= 0.6 is 0 Å². The van der Waals surface area contributed by atoms with Crippen LogP contribution in [0.25, 0.3) is 0 Å². The molecule has 0 atom stereocenters. The first-order chi connectivity index (χ1) is 11.3. The van der Waals surface area contributed by atoms with Crippen molar-refractivity contribution in [2.24, 2.45) is 0 Å². The highest BCUT2D eigenvalue weighted by Crippen LogP contribution is 2.19. The van der Waals surface area contributed by atoms with Crippen molar-refractivity contribution in [1.82, 2.24) is 15.0 Å². The van der Waals surface area contributed by atoms with Crippen LogP contribution in [0.5, 0.6) is 0 Å². The van der Waals surface area contributed by atoms with Gasteiger partial charge in [0, 0.05) is 25.7 Å². The highest BCUT2D eigenvalue weighted by Gasteiger charge is 2.15. The standard InChI is InChI=1S/C14H16N6O4/c1-8-6-9(4-5-10(8)20(22)23)12(21)24-7-11-16-13(15)18-14(17-11)19(2)3/h4-6H,7H2,1-3H3,(H2,15,16,17,18). The quantitative estimate of drug-likeness (QED) is 0.484. The van der Waals surface area contributed by atoms with Gasteiger partial charge in [-0.05, 0) is 19.1 Å². The molecule has 0 spiro atoms. The molecule has 0 bridgehead atoms. The number of carbonyl (C=O) groups excluding carboxylic acids is 1. The van der Waals surface area contributed by atoms with E-state index in [2.05, 4.69) is 15.0 Å². The third-order valence-electron chi connectivity index (χ3n) is 3.05. The average molecular weight is 332 g/mol. The molecule has 0 unspecified atom stereocenters. The van der Waals surface area contributed by atoms with Gasteiger partial charge in [0.1, 0.15) is 0 Å². The number of aryl methyl sites for hydroxylation is 1. The Balaban J connectivity index is 2.11. The van der Waals surface area contributed by atoms with Gasteiger partial charge in [0.15, 0.2) is 12.4 Å². The van der Waals surface area contributed by atoms with Gasteiger partial charge in [-0.2, -0.15) is 15.0 Å². The Kier molecular flexibility index (Phi) is 4.87. The number of nitrogens with two attached hydrogens (primary N) is 1. The van der Waals surface area contributed by atoms with Gasteiger partial charge in [-0.1, -0.05) is 0 Å². The molecule has 10 heteroatoms. The van der Waals surface area contributed by atoms with Gasteiger partial charge in [-0.3, -0.25) is 10.1 Å². The highest BCUT2D eigenvalue weighted by atomic mass is 16.6. The van der Waals surface area contributed by atoms with Crippen LogP contribution in [0.1, 0.15) is 21.7 Å². The van der Waals surface area contributed by atoms with E-state index in [-0.39, 0.29) is 29.6 Å². The van der Waals surface area contributed by atoms with Crippen molar-refractivity contribution in [3.05, 3.63) is 45.3 Å². The topological polar surface area (TPSA) is 137 Å². The fourth-order valence-electron chi connectivity index (χ4n) is 1.89. The number of anilines is 2. The lowest BCUT2D eigenvalue weighted by atomic mass is 10.1. The molecule has 2 aromatic rings. The van der Waals surface area contributed by atoms with Gasteiger partial charge in [0.25, 0.3) is 5.69 Å². The van der Waals surface area contributed by atoms with E-state index < -0.39 is 10.9 Å². The number of hydrogen-bond acceptors (Lipinski definition) is 9. The molecule has 0 aliphatic heterocycles. The second-order valence-corrected chi connectivity index (χ2v) is 5.14. The van der Waals surface area contributed by atoms with Crippen LogP contribution in [0.4, 0.5) is 17.6 Å². The monoisotopic (exact) mass is 332 g/mol. The molecule has 1 aromatic carbocycles. The molecule has 1 heterocycles. The van der Waals surface area contributed by atoms with Gasteiger partial charge in [-0.15, -0.1) is 0 Å². The number of carbonyl (C=O) groups is 1. The zero-order chi connectivity index (χ0) is 17.9. The Labute approximate surface area is 137 Å². The Morgan fingerprint density at radius 3 is 2.62 bits per heavy atom. The number of aromatic nitrogens is 3. The van der Waals surface area contributed by atoms with Crippen molar-refractivity contribution < 1.29 is 14.5 Å². The number of esters is 1. The zero-order valence-electron chi connectivity index (χ0n) is 13.4. The molecule has 0 radical (unpaired) electrons. The van der Waals surface area contributed by atoms with Crippen LogP contribution < -0.4 is 10.6 Å². The Hall–Kier alpha value is -3.30. The maximum absolute atomic E-state index is 12.1. The predicted molar refractivity (Wildman–Crippen MR) is 85.5 cm³/mol. The number of nitrogens with zero attached hydrogens (tertiary/aromatic N) is 5. The van der Waals surface area contributed by atoms with Crippen molar-refractivity contribution in [2.75, 3.05) is 24.7 Å². The summed E-state index contributed by atoms with van der Waals surface area (Å²) in [6, 6.07) is 3.99. The summed E-state index contributed by atoms with van der Waals surface area (Å²) in [5, 5.41) is 10.8. The van der Waals surface area contributed by atoms with Gasteiger partial charge in [0.2, 0.25) is 11.9 Å². The molecule has 0 aliphatic carbocycles. The molecule has 1 aromatic heterocycles. The summed E-state index contributed by atoms with van der Waals surface area (Å²) >= 11 is 0. The lowest BCUT2D eigenvalue weighted by Crippen LogP contribution is -2.17. The van der Waals surface area contributed by atoms with Gasteiger partial charge >= 0.3 is 5.97 Å². The van der Waals surface area contributed by atoms with Crippen LogP contribution in [0.3, 0.4) is 0 Å². The number of hydrogen-bond donors (Lipinski definition) is 1. The fourth-order valence-corrected chi connectivity index (χ4v) is 1.89. The highest BCUT2D eigenvalue weighted by molar-refractivity contribution is 5.90. The second-order valence-electron chi connectivity index (χ2n) is 5.14. The lowest BCUT2D eigenvalue weighted by Gasteiger charge is -2.11. The molecule has 2 rings (SSSR count). The third-order valence-corrected chi connectivity index (χ3v) is 3.05. The minimum atomic E-state index is -0.640. The van der Waals surface area contributed by atoms with E-state index in [0.29, 0.717) is 11.5 Å². The molecule has 0 saturated heterocycles. The van der Waals surface area contributed by atoms with Gasteiger partial charge in [0.05, 0.1) is 10.5 Å². The number of nitro groups is 1. The number of nitro benzene ring substituents is 1. The maximum Gasteiger partial charge on any atom is 0.338 e. The van der Waals surface area contributed by atoms with Gasteiger partial charge in [-0.25, -0.2) is 4.79 Å². The first kappa shape index (κ1) is 17.1. The van der Waals surface area contributed by atoms with E-state index in [4.69, 9.17) is 10.5 Å². The van der Waals surface area contributed by atoms with Crippen molar-refractivity contribution in [1.29, 1.82) is 0 Å². The molecule has 126 valence electrons. The first-order valence-electron chi connectivity index (χ1n) is 6.88. The molecule has 24 heavy (non-hydrogen) atoms. The van der Waals surface area contributed by atoms with E-state index in [1.807, 2.05) is 0 Å². The second kappa shape index (κ2) is 6.86. The lowest BCUT2D eigenvalue weighted by molar-refractivity contribution is -0.385. The van der Waals surface area contributed by atoms with Crippen molar-refractivity contribution >= 4 is 23.6 Å². The molecule has 0 saturated carbocycles. The van der Waals surface area contributed by atoms with Gasteiger partial charge < -0.3 is 15.4 Å². The fraction of sp³-hybridized carbons (Fsp3) is 0.286. The van der Waals surface area contributed by atoms with E-state index in [0.717, 1.165) is 0 Å². The minimum Gasteiger partial charge on any atom is -0.454 e. The summed E-state index contributed by atoms with van der Waals surface area (Å²) in [5.74, 6) is -0.0674. The Morgan fingerprint density at radius 2 is 2.04 bits per heavy atom. The summed E-state index contributed by atoms with van der Waals surface area (Å²) in [6.45, 7) is 1.35. The van der Waals surface area contributed by atoms with Crippen molar-refractivity contribution in [3.63, 3.8) is 0 Å². The van der Waals surface area contributed by atoms with E-state index in [1.165, 1.54) is 18.2 Å². The SMILES string of the molecule is Cc1cc(C(=O)OCc2nc(N)nc(N(C)C)n2)ccc1[N+](=O)[O-]. The molecule has 0 fully saturated rings. The predicted octanol–water partition coefficient (Wildman–Crippen LogP) is 1.09. The third kappa shape index (κ3) is 3.91. The summed E-state index contributed by atoms with van der Waals surface area (Å²) in [5.41, 5.74) is 6.09. The van der Waals surface area contributed by atoms with Crippen molar-refractivity contribution in [2.45, 2.75) is 13.5 Å². The van der Waals surface area contributed by atoms with Crippen molar-refractivity contribution in [3.8, 4) is 0 Å². The largest absolute Gasteiger partial charge is 0.454 e. The zero-order valence-corrected chi connectivity index (χ0v) is 13.4. The van der Waals surface area contributed by atoms with E-state index in [9.17, 15) is 14.9 Å².